The molecule has 0 aromatic heterocycles. The van der Waals surface area contributed by atoms with Crippen LogP contribution in [0, 0.1) is 5.92 Å². The molecular weight excluding hydrogens is 178 g/mol. The maximum atomic E-state index is 11.8. The normalized spacial score (nSPS) is 24.6. The van der Waals surface area contributed by atoms with Gasteiger partial charge in [-0.1, -0.05) is 6.92 Å². The van der Waals surface area contributed by atoms with Gasteiger partial charge in [0.05, 0.1) is 6.61 Å². The molecule has 1 saturated heterocycles. The van der Waals surface area contributed by atoms with Gasteiger partial charge in [0, 0.05) is 25.0 Å². The minimum absolute atomic E-state index is 0.157. The SMILES string of the molecule is CCNC(C)CC(=O)C1CCCOC1. The lowest BCUT2D eigenvalue weighted by Gasteiger charge is -2.22. The molecule has 0 amide bonds. The molecule has 0 aromatic carbocycles. The van der Waals surface area contributed by atoms with Crippen LogP contribution in [0.2, 0.25) is 0 Å². The van der Waals surface area contributed by atoms with E-state index in [0.717, 1.165) is 26.0 Å². The van der Waals surface area contributed by atoms with Crippen molar-refractivity contribution in [3.05, 3.63) is 0 Å². The number of hydrogen-bond acceptors (Lipinski definition) is 3. The predicted octanol–water partition coefficient (Wildman–Crippen LogP) is 1.37. The molecule has 1 N–H and O–H groups in total. The van der Waals surface area contributed by atoms with Crippen molar-refractivity contribution in [1.82, 2.24) is 5.32 Å². The number of Topliss-reactive ketones (excluding diaryl/α,β-unsaturated/α-hetero) is 1. The molecule has 1 fully saturated rings. The summed E-state index contributed by atoms with van der Waals surface area (Å²) < 4.78 is 5.30. The van der Waals surface area contributed by atoms with Crippen molar-refractivity contribution in [3.8, 4) is 0 Å². The van der Waals surface area contributed by atoms with Gasteiger partial charge >= 0.3 is 0 Å². The summed E-state index contributed by atoms with van der Waals surface area (Å²) in [6.45, 7) is 6.51. The minimum atomic E-state index is 0.157. The van der Waals surface area contributed by atoms with E-state index in [0.29, 0.717) is 24.9 Å². The highest BCUT2D eigenvalue weighted by molar-refractivity contribution is 5.81. The molecular formula is C11H21NO2. The Kier molecular flexibility index (Phi) is 5.12. The van der Waals surface area contributed by atoms with Crippen molar-refractivity contribution < 1.29 is 9.53 Å². The zero-order valence-electron chi connectivity index (χ0n) is 9.21. The van der Waals surface area contributed by atoms with E-state index in [2.05, 4.69) is 19.2 Å². The van der Waals surface area contributed by atoms with Gasteiger partial charge in [-0.05, 0) is 26.3 Å². The summed E-state index contributed by atoms with van der Waals surface area (Å²) in [5.41, 5.74) is 0. The Morgan fingerprint density at radius 1 is 1.64 bits per heavy atom. The van der Waals surface area contributed by atoms with Gasteiger partial charge in [-0.25, -0.2) is 0 Å². The summed E-state index contributed by atoms with van der Waals surface area (Å²) >= 11 is 0. The Morgan fingerprint density at radius 2 is 2.43 bits per heavy atom. The maximum absolute atomic E-state index is 11.8. The lowest BCUT2D eigenvalue weighted by molar-refractivity contribution is -0.127. The molecule has 0 bridgehead atoms. The molecule has 1 heterocycles. The molecule has 2 atom stereocenters. The molecule has 82 valence electrons. The Bertz CT molecular complexity index is 176. The van der Waals surface area contributed by atoms with Crippen molar-refractivity contribution in [2.24, 2.45) is 5.92 Å². The van der Waals surface area contributed by atoms with Gasteiger partial charge in [0.2, 0.25) is 0 Å². The Hall–Kier alpha value is -0.410. The van der Waals surface area contributed by atoms with Crippen molar-refractivity contribution in [2.45, 2.75) is 39.2 Å². The summed E-state index contributed by atoms with van der Waals surface area (Å²) in [6, 6.07) is 0.300. The van der Waals surface area contributed by atoms with Crippen LogP contribution in [-0.4, -0.2) is 31.6 Å². The zero-order valence-corrected chi connectivity index (χ0v) is 9.21. The Balaban J connectivity index is 2.25. The molecule has 1 rings (SSSR count). The molecule has 0 radical (unpaired) electrons. The summed E-state index contributed by atoms with van der Waals surface area (Å²) in [7, 11) is 0. The summed E-state index contributed by atoms with van der Waals surface area (Å²) in [4.78, 5) is 11.8. The zero-order chi connectivity index (χ0) is 10.4. The third kappa shape index (κ3) is 3.76. The number of hydrogen-bond donors (Lipinski definition) is 1. The van der Waals surface area contributed by atoms with Crippen LogP contribution in [0.1, 0.15) is 33.1 Å². The average molecular weight is 199 g/mol. The van der Waals surface area contributed by atoms with Crippen molar-refractivity contribution in [3.63, 3.8) is 0 Å². The third-order valence-electron chi connectivity index (χ3n) is 2.68. The Labute approximate surface area is 86.2 Å². The van der Waals surface area contributed by atoms with Crippen LogP contribution < -0.4 is 5.32 Å². The number of carbonyl (C=O) groups is 1. The monoisotopic (exact) mass is 199 g/mol. The van der Waals surface area contributed by atoms with E-state index >= 15 is 0 Å². The summed E-state index contributed by atoms with van der Waals surface area (Å²) in [5, 5.41) is 3.25. The lowest BCUT2D eigenvalue weighted by Crippen LogP contribution is -2.33. The van der Waals surface area contributed by atoms with Gasteiger partial charge < -0.3 is 10.1 Å². The van der Waals surface area contributed by atoms with E-state index in [1.165, 1.54) is 0 Å². The fraction of sp³-hybridized carbons (Fsp3) is 0.909. The standard InChI is InChI=1S/C11H21NO2/c1-3-12-9(2)7-11(13)10-5-4-6-14-8-10/h9-10,12H,3-8H2,1-2H3. The van der Waals surface area contributed by atoms with Gasteiger partial charge in [-0.2, -0.15) is 0 Å². The largest absolute Gasteiger partial charge is 0.381 e. The highest BCUT2D eigenvalue weighted by Crippen LogP contribution is 2.16. The molecule has 3 nitrogen and oxygen atoms in total. The molecule has 3 heteroatoms. The van der Waals surface area contributed by atoms with Gasteiger partial charge in [0.25, 0.3) is 0 Å². The molecule has 1 aliphatic rings. The van der Waals surface area contributed by atoms with Crippen LogP contribution >= 0.6 is 0 Å². The number of ketones is 1. The van der Waals surface area contributed by atoms with Crippen LogP contribution in [0.15, 0.2) is 0 Å². The quantitative estimate of drug-likeness (QED) is 0.726. The number of ether oxygens (including phenoxy) is 1. The second-order valence-electron chi connectivity index (χ2n) is 4.04. The van der Waals surface area contributed by atoms with Crippen LogP contribution in [0.4, 0.5) is 0 Å². The van der Waals surface area contributed by atoms with Crippen LogP contribution in [0.3, 0.4) is 0 Å². The third-order valence-corrected chi connectivity index (χ3v) is 2.68. The average Bonchev–Trinajstić information content (AvgIpc) is 2.19. The fourth-order valence-electron chi connectivity index (χ4n) is 1.88. The summed E-state index contributed by atoms with van der Waals surface area (Å²) in [5.74, 6) is 0.517. The van der Waals surface area contributed by atoms with Gasteiger partial charge in [-0.3, -0.25) is 4.79 Å². The number of carbonyl (C=O) groups excluding carboxylic acids is 1. The van der Waals surface area contributed by atoms with E-state index < -0.39 is 0 Å². The van der Waals surface area contributed by atoms with E-state index in [9.17, 15) is 4.79 Å². The van der Waals surface area contributed by atoms with Crippen molar-refractivity contribution in [2.75, 3.05) is 19.8 Å². The molecule has 14 heavy (non-hydrogen) atoms. The molecule has 1 aliphatic heterocycles. The van der Waals surface area contributed by atoms with Gasteiger partial charge in [0.1, 0.15) is 5.78 Å². The van der Waals surface area contributed by atoms with Gasteiger partial charge in [-0.15, -0.1) is 0 Å². The van der Waals surface area contributed by atoms with Crippen LogP contribution in [0.25, 0.3) is 0 Å². The van der Waals surface area contributed by atoms with E-state index in [1.54, 1.807) is 0 Å². The van der Waals surface area contributed by atoms with Gasteiger partial charge in [0.15, 0.2) is 0 Å². The first-order chi connectivity index (χ1) is 6.74. The maximum Gasteiger partial charge on any atom is 0.139 e. The van der Waals surface area contributed by atoms with Crippen molar-refractivity contribution in [1.29, 1.82) is 0 Å². The predicted molar refractivity (Wildman–Crippen MR) is 56.3 cm³/mol. The lowest BCUT2D eigenvalue weighted by atomic mass is 9.93. The fourth-order valence-corrected chi connectivity index (χ4v) is 1.88. The van der Waals surface area contributed by atoms with E-state index in [-0.39, 0.29) is 5.92 Å². The molecule has 0 spiro atoms. The first-order valence-electron chi connectivity index (χ1n) is 5.58. The smallest absolute Gasteiger partial charge is 0.139 e. The molecule has 2 unspecified atom stereocenters. The molecule has 0 aliphatic carbocycles. The van der Waals surface area contributed by atoms with E-state index in [1.807, 2.05) is 0 Å². The topological polar surface area (TPSA) is 38.3 Å². The summed E-state index contributed by atoms with van der Waals surface area (Å²) in [6.07, 6.45) is 2.69. The number of rotatable bonds is 5. The number of nitrogens with one attached hydrogen (secondary N) is 1. The second-order valence-corrected chi connectivity index (χ2v) is 4.04. The van der Waals surface area contributed by atoms with Crippen molar-refractivity contribution >= 4 is 5.78 Å². The highest BCUT2D eigenvalue weighted by Gasteiger charge is 2.22. The second kappa shape index (κ2) is 6.14. The first-order valence-corrected chi connectivity index (χ1v) is 5.58. The Morgan fingerprint density at radius 3 is 3.00 bits per heavy atom. The van der Waals surface area contributed by atoms with Crippen LogP contribution in [-0.2, 0) is 9.53 Å². The molecule has 0 aromatic rings. The van der Waals surface area contributed by atoms with Crippen LogP contribution in [0.5, 0.6) is 0 Å². The highest BCUT2D eigenvalue weighted by atomic mass is 16.5. The first kappa shape index (κ1) is 11.7. The minimum Gasteiger partial charge on any atom is -0.381 e. The molecule has 0 saturated carbocycles. The van der Waals surface area contributed by atoms with E-state index in [4.69, 9.17) is 4.74 Å².